The molecule has 0 fully saturated rings. The van der Waals surface area contributed by atoms with Gasteiger partial charge in [0.1, 0.15) is 22.9 Å². The van der Waals surface area contributed by atoms with Gasteiger partial charge in [0, 0.05) is 23.5 Å². The van der Waals surface area contributed by atoms with E-state index in [0.29, 0.717) is 6.07 Å². The lowest BCUT2D eigenvalue weighted by Gasteiger charge is -2.21. The minimum atomic E-state index is -4.73. The molecule has 0 saturated heterocycles. The number of nitrogens with one attached hydrogen (secondary N) is 1. The van der Waals surface area contributed by atoms with Gasteiger partial charge in [-0.05, 0) is 48.9 Å². The molecular formula is C25H23F5N2O3. The summed E-state index contributed by atoms with van der Waals surface area (Å²) in [5.41, 5.74) is -1.13. The molecule has 3 rings (SSSR count). The van der Waals surface area contributed by atoms with E-state index in [9.17, 15) is 31.9 Å². The van der Waals surface area contributed by atoms with Crippen molar-refractivity contribution in [3.63, 3.8) is 0 Å². The molecule has 0 spiro atoms. The molecule has 10 heteroatoms. The van der Waals surface area contributed by atoms with E-state index in [0.717, 1.165) is 30.5 Å². The molecule has 0 bridgehead atoms. The highest BCUT2D eigenvalue weighted by Crippen LogP contribution is 2.37. The van der Waals surface area contributed by atoms with Crippen LogP contribution < -0.4 is 10.1 Å². The highest BCUT2D eigenvalue weighted by Gasteiger charge is 2.35. The van der Waals surface area contributed by atoms with Crippen molar-refractivity contribution in [2.24, 2.45) is 0 Å². The van der Waals surface area contributed by atoms with E-state index in [4.69, 9.17) is 4.74 Å². The van der Waals surface area contributed by atoms with E-state index in [-0.39, 0.29) is 28.1 Å². The highest BCUT2D eigenvalue weighted by molar-refractivity contribution is 5.95. The molecule has 1 heterocycles. The number of anilines is 1. The van der Waals surface area contributed by atoms with E-state index in [1.165, 1.54) is 25.1 Å². The van der Waals surface area contributed by atoms with Crippen LogP contribution >= 0.6 is 0 Å². The molecule has 1 atom stereocenters. The second-order valence-corrected chi connectivity index (χ2v) is 6.94. The number of aromatic nitrogens is 1. The number of hydrogen-bond donors (Lipinski definition) is 2. The number of alkyl halides is 3. The third kappa shape index (κ3) is 6.56. The van der Waals surface area contributed by atoms with Crippen LogP contribution in [0.15, 0.2) is 61.3 Å². The molecule has 3 aromatic rings. The average Bonchev–Trinajstić information content (AvgIpc) is 2.79. The Hall–Kier alpha value is -3.95. The van der Waals surface area contributed by atoms with Crippen LogP contribution in [0.1, 0.15) is 46.9 Å². The zero-order valence-electron chi connectivity index (χ0n) is 19.1. The Bertz CT molecular complexity index is 1190. The summed E-state index contributed by atoms with van der Waals surface area (Å²) in [6.45, 7) is 9.09. The largest absolute Gasteiger partial charge is 0.478 e. The van der Waals surface area contributed by atoms with E-state index in [1.54, 1.807) is 0 Å². The molecule has 0 amide bonds. The first-order chi connectivity index (χ1) is 16.5. The molecule has 2 aromatic carbocycles. The number of aryl methyl sites for hydroxylation is 1. The van der Waals surface area contributed by atoms with Crippen LogP contribution in [0, 0.1) is 18.6 Å². The predicted molar refractivity (Wildman–Crippen MR) is 122 cm³/mol. The number of nitrogens with zero attached hydrogens (tertiary/aromatic N) is 1. The van der Waals surface area contributed by atoms with Crippen molar-refractivity contribution in [2.75, 3.05) is 5.32 Å². The fraction of sp³-hybridized carbons (Fsp3) is 0.200. The summed E-state index contributed by atoms with van der Waals surface area (Å²) < 4.78 is 72.5. The molecule has 1 aromatic heterocycles. The minimum absolute atomic E-state index is 0.0138. The van der Waals surface area contributed by atoms with Crippen LogP contribution in [0.25, 0.3) is 0 Å². The highest BCUT2D eigenvalue weighted by atomic mass is 19.4. The molecule has 0 aliphatic carbocycles. The molecule has 0 aliphatic heterocycles. The first kappa shape index (κ1) is 27.3. The minimum Gasteiger partial charge on any atom is -0.478 e. The Morgan fingerprint density at radius 1 is 1.17 bits per heavy atom. The molecule has 5 nitrogen and oxygen atoms in total. The maximum Gasteiger partial charge on any atom is 0.421 e. The van der Waals surface area contributed by atoms with Gasteiger partial charge in [-0.15, -0.1) is 6.58 Å². The van der Waals surface area contributed by atoms with Crippen LogP contribution in [0.4, 0.5) is 27.6 Å². The van der Waals surface area contributed by atoms with Gasteiger partial charge in [-0.25, -0.2) is 18.6 Å². The van der Waals surface area contributed by atoms with Crippen LogP contribution in [0.3, 0.4) is 0 Å². The van der Waals surface area contributed by atoms with Gasteiger partial charge in [0.05, 0.1) is 11.6 Å². The number of pyridine rings is 1. The lowest BCUT2D eigenvalue weighted by atomic mass is 9.99. The smallest absolute Gasteiger partial charge is 0.421 e. The molecule has 1 unspecified atom stereocenters. The Kier molecular flexibility index (Phi) is 8.93. The van der Waals surface area contributed by atoms with Gasteiger partial charge in [-0.3, -0.25) is 0 Å². The summed E-state index contributed by atoms with van der Waals surface area (Å²) >= 11 is 0. The van der Waals surface area contributed by atoms with E-state index in [2.05, 4.69) is 16.9 Å². The Morgan fingerprint density at radius 2 is 1.86 bits per heavy atom. The summed E-state index contributed by atoms with van der Waals surface area (Å²) in [7, 11) is 0. The number of carbonyl (C=O) groups is 1. The van der Waals surface area contributed by atoms with Crippen molar-refractivity contribution in [3.05, 3.63) is 95.2 Å². The maximum atomic E-state index is 14.4. The van der Waals surface area contributed by atoms with Gasteiger partial charge < -0.3 is 15.2 Å². The SMILES string of the molecule is C=CC(Nc1ccc(Oc2ncccc2C(F)(F)F)cc1C(=O)O)c1c(C)cc(F)cc1F.CC. The van der Waals surface area contributed by atoms with Gasteiger partial charge in [-0.1, -0.05) is 19.9 Å². The van der Waals surface area contributed by atoms with Crippen molar-refractivity contribution in [1.82, 2.24) is 4.98 Å². The number of aromatic carboxylic acids is 1. The third-order valence-corrected chi connectivity index (χ3v) is 4.67. The van der Waals surface area contributed by atoms with Crippen LogP contribution in [0.5, 0.6) is 11.6 Å². The lowest BCUT2D eigenvalue weighted by Crippen LogP contribution is -2.14. The van der Waals surface area contributed by atoms with Crippen molar-refractivity contribution >= 4 is 11.7 Å². The van der Waals surface area contributed by atoms with Gasteiger partial charge in [0.2, 0.25) is 5.88 Å². The zero-order chi connectivity index (χ0) is 26.3. The Balaban J connectivity index is 0.00000210. The number of benzene rings is 2. The number of ether oxygens (including phenoxy) is 1. The summed E-state index contributed by atoms with van der Waals surface area (Å²) in [4.78, 5) is 15.4. The summed E-state index contributed by atoms with van der Waals surface area (Å²) in [5, 5.41) is 12.4. The van der Waals surface area contributed by atoms with Crippen molar-refractivity contribution < 1.29 is 36.6 Å². The molecular weight excluding hydrogens is 471 g/mol. The first-order valence-corrected chi connectivity index (χ1v) is 10.4. The first-order valence-electron chi connectivity index (χ1n) is 10.4. The molecule has 35 heavy (non-hydrogen) atoms. The third-order valence-electron chi connectivity index (χ3n) is 4.67. The quantitative estimate of drug-likeness (QED) is 0.262. The van der Waals surface area contributed by atoms with E-state index in [1.807, 2.05) is 13.8 Å². The number of carboxylic acid groups (broad SMARTS) is 1. The molecule has 0 radical (unpaired) electrons. The topological polar surface area (TPSA) is 71.5 Å². The van der Waals surface area contributed by atoms with E-state index >= 15 is 0 Å². The number of halogens is 5. The van der Waals surface area contributed by atoms with Crippen molar-refractivity contribution in [2.45, 2.75) is 33.0 Å². The van der Waals surface area contributed by atoms with Crippen molar-refractivity contribution in [3.8, 4) is 11.6 Å². The monoisotopic (exact) mass is 494 g/mol. The second-order valence-electron chi connectivity index (χ2n) is 6.94. The lowest BCUT2D eigenvalue weighted by molar-refractivity contribution is -0.138. The van der Waals surface area contributed by atoms with Gasteiger partial charge in [-0.2, -0.15) is 13.2 Å². The fourth-order valence-corrected chi connectivity index (χ4v) is 3.21. The second kappa shape index (κ2) is 11.5. The van der Waals surface area contributed by atoms with Crippen LogP contribution in [0.2, 0.25) is 0 Å². The maximum absolute atomic E-state index is 14.4. The summed E-state index contributed by atoms with van der Waals surface area (Å²) in [6, 6.07) is 6.26. The Morgan fingerprint density at radius 3 is 2.43 bits per heavy atom. The molecule has 186 valence electrons. The van der Waals surface area contributed by atoms with Crippen LogP contribution in [-0.2, 0) is 6.18 Å². The molecule has 0 saturated carbocycles. The van der Waals surface area contributed by atoms with Crippen LogP contribution in [-0.4, -0.2) is 16.1 Å². The van der Waals surface area contributed by atoms with Gasteiger partial charge >= 0.3 is 12.1 Å². The van der Waals surface area contributed by atoms with E-state index < -0.39 is 41.3 Å². The average molecular weight is 494 g/mol. The summed E-state index contributed by atoms with van der Waals surface area (Å²) in [5.74, 6) is -3.98. The zero-order valence-corrected chi connectivity index (χ0v) is 19.1. The molecule has 0 aliphatic rings. The standard InChI is InChI=1S/C23H17F5N2O3.C2H6/c1-3-18(20-12(2)9-13(24)10-17(20)25)30-19-7-6-14(11-15(19)22(31)32)33-21-16(23(26,27)28)5-4-8-29-21;1-2/h3-11,18,30H,1H2,2H3,(H,31,32);1-2H3. The fourth-order valence-electron chi connectivity index (χ4n) is 3.21. The van der Waals surface area contributed by atoms with Crippen molar-refractivity contribution in [1.29, 1.82) is 0 Å². The number of hydrogen-bond acceptors (Lipinski definition) is 4. The summed E-state index contributed by atoms with van der Waals surface area (Å²) in [6.07, 6.45) is -2.31. The predicted octanol–water partition coefficient (Wildman–Crippen LogP) is 7.54. The molecule has 2 N–H and O–H groups in total. The van der Waals surface area contributed by atoms with Gasteiger partial charge in [0.15, 0.2) is 0 Å². The van der Waals surface area contributed by atoms with Gasteiger partial charge in [0.25, 0.3) is 0 Å². The Labute approximate surface area is 198 Å². The normalized spacial score (nSPS) is 11.7. The number of rotatable bonds is 7. The number of carboxylic acids is 1.